The maximum absolute atomic E-state index is 11.0. The Labute approximate surface area is 104 Å². The molecule has 0 radical (unpaired) electrons. The SMILES string of the molecule is COc1ccccn1.O=C1NCNc2[nH]ccc21. The van der Waals surface area contributed by atoms with Crippen LogP contribution in [0.5, 0.6) is 5.88 Å². The highest BCUT2D eigenvalue weighted by molar-refractivity contribution is 6.00. The van der Waals surface area contributed by atoms with Crippen LogP contribution in [0.4, 0.5) is 5.82 Å². The van der Waals surface area contributed by atoms with Crippen LogP contribution < -0.4 is 15.4 Å². The number of ether oxygens (including phenoxy) is 1. The minimum Gasteiger partial charge on any atom is -0.481 e. The number of nitrogens with zero attached hydrogens (tertiary/aromatic N) is 1. The molecule has 2 aromatic heterocycles. The van der Waals surface area contributed by atoms with Crippen LogP contribution >= 0.6 is 0 Å². The Bertz CT molecular complexity index is 510. The predicted octanol–water partition coefficient (Wildman–Crippen LogP) is 1.22. The van der Waals surface area contributed by atoms with E-state index in [0.717, 1.165) is 5.82 Å². The summed E-state index contributed by atoms with van der Waals surface area (Å²) in [6.45, 7) is 0.506. The second kappa shape index (κ2) is 5.72. The summed E-state index contributed by atoms with van der Waals surface area (Å²) in [5.41, 5.74) is 0.686. The first kappa shape index (κ1) is 12.0. The van der Waals surface area contributed by atoms with Crippen molar-refractivity contribution in [2.45, 2.75) is 0 Å². The maximum Gasteiger partial charge on any atom is 0.256 e. The lowest BCUT2D eigenvalue weighted by Gasteiger charge is -2.13. The molecule has 0 unspecified atom stereocenters. The number of hydrogen-bond donors (Lipinski definition) is 3. The van der Waals surface area contributed by atoms with Crippen molar-refractivity contribution in [3.8, 4) is 5.88 Å². The number of amides is 1. The Kier molecular flexibility index (Phi) is 3.80. The third-order valence-electron chi connectivity index (χ3n) is 2.35. The van der Waals surface area contributed by atoms with Gasteiger partial charge in [-0.15, -0.1) is 0 Å². The van der Waals surface area contributed by atoms with E-state index in [2.05, 4.69) is 20.6 Å². The molecular formula is C12H14N4O2. The lowest BCUT2D eigenvalue weighted by atomic mass is 10.3. The van der Waals surface area contributed by atoms with Gasteiger partial charge in [0.2, 0.25) is 5.88 Å². The first-order chi connectivity index (χ1) is 8.81. The molecule has 3 N–H and O–H groups in total. The molecule has 3 rings (SSSR count). The number of carbonyl (C=O) groups is 1. The van der Waals surface area contributed by atoms with Crippen molar-refractivity contribution in [2.75, 3.05) is 19.1 Å². The Morgan fingerprint density at radius 2 is 2.17 bits per heavy atom. The highest BCUT2D eigenvalue weighted by atomic mass is 16.5. The van der Waals surface area contributed by atoms with Crippen LogP contribution in [0.1, 0.15) is 10.4 Å². The zero-order chi connectivity index (χ0) is 12.8. The number of hydrogen-bond acceptors (Lipinski definition) is 4. The molecule has 1 amide bonds. The maximum atomic E-state index is 11.0. The van der Waals surface area contributed by atoms with E-state index >= 15 is 0 Å². The van der Waals surface area contributed by atoms with Crippen LogP contribution in [0.25, 0.3) is 0 Å². The van der Waals surface area contributed by atoms with Gasteiger partial charge < -0.3 is 20.4 Å². The largest absolute Gasteiger partial charge is 0.481 e. The van der Waals surface area contributed by atoms with Gasteiger partial charge in [-0.05, 0) is 12.1 Å². The molecule has 0 saturated carbocycles. The van der Waals surface area contributed by atoms with Gasteiger partial charge in [0.1, 0.15) is 5.82 Å². The smallest absolute Gasteiger partial charge is 0.256 e. The quantitative estimate of drug-likeness (QED) is 0.707. The van der Waals surface area contributed by atoms with Crippen LogP contribution in [0.3, 0.4) is 0 Å². The van der Waals surface area contributed by atoms with Crippen molar-refractivity contribution < 1.29 is 9.53 Å². The average Bonchev–Trinajstić information content (AvgIpc) is 2.90. The van der Waals surface area contributed by atoms with Gasteiger partial charge in [-0.25, -0.2) is 4.98 Å². The normalized spacial score (nSPS) is 12.4. The van der Waals surface area contributed by atoms with Gasteiger partial charge >= 0.3 is 0 Å². The molecule has 1 aliphatic heterocycles. The van der Waals surface area contributed by atoms with Crippen molar-refractivity contribution in [3.05, 3.63) is 42.2 Å². The second-order valence-corrected chi connectivity index (χ2v) is 3.50. The summed E-state index contributed by atoms with van der Waals surface area (Å²) in [7, 11) is 1.60. The average molecular weight is 246 g/mol. The molecule has 3 heterocycles. The van der Waals surface area contributed by atoms with E-state index in [1.807, 2.05) is 12.1 Å². The van der Waals surface area contributed by atoms with Crippen LogP contribution in [0.2, 0.25) is 0 Å². The number of anilines is 1. The molecule has 18 heavy (non-hydrogen) atoms. The fourth-order valence-electron chi connectivity index (χ4n) is 1.48. The topological polar surface area (TPSA) is 79.0 Å². The Morgan fingerprint density at radius 3 is 2.78 bits per heavy atom. The third kappa shape index (κ3) is 2.79. The standard InChI is InChI=1S/C6H7N3O.C6H7NO/c10-6-4-1-2-7-5(4)8-3-9-6;1-8-6-4-2-3-5-7-6/h1-2,7-8H,3H2,(H,9,10);2-5H,1H3. The molecule has 0 spiro atoms. The van der Waals surface area contributed by atoms with E-state index in [4.69, 9.17) is 4.74 Å². The summed E-state index contributed by atoms with van der Waals surface area (Å²) in [5.74, 6) is 1.45. The zero-order valence-corrected chi connectivity index (χ0v) is 9.93. The summed E-state index contributed by atoms with van der Waals surface area (Å²) in [6.07, 6.45) is 3.43. The van der Waals surface area contributed by atoms with Crippen molar-refractivity contribution in [3.63, 3.8) is 0 Å². The van der Waals surface area contributed by atoms with E-state index in [-0.39, 0.29) is 5.91 Å². The lowest BCUT2D eigenvalue weighted by molar-refractivity contribution is 0.0953. The van der Waals surface area contributed by atoms with Gasteiger partial charge in [-0.1, -0.05) is 6.07 Å². The van der Waals surface area contributed by atoms with E-state index in [1.54, 1.807) is 31.6 Å². The highest BCUT2D eigenvalue weighted by Gasteiger charge is 2.15. The summed E-state index contributed by atoms with van der Waals surface area (Å²) in [6, 6.07) is 7.28. The van der Waals surface area contributed by atoms with Gasteiger partial charge in [-0.3, -0.25) is 4.79 Å². The van der Waals surface area contributed by atoms with Gasteiger partial charge in [0, 0.05) is 18.5 Å². The van der Waals surface area contributed by atoms with Crippen molar-refractivity contribution >= 4 is 11.7 Å². The number of pyridine rings is 1. The summed E-state index contributed by atoms with van der Waals surface area (Å²) >= 11 is 0. The molecule has 6 nitrogen and oxygen atoms in total. The highest BCUT2D eigenvalue weighted by Crippen LogP contribution is 2.14. The van der Waals surface area contributed by atoms with Gasteiger partial charge in [0.15, 0.2) is 0 Å². The monoisotopic (exact) mass is 246 g/mol. The molecule has 0 aromatic carbocycles. The number of nitrogens with one attached hydrogen (secondary N) is 3. The van der Waals surface area contributed by atoms with Gasteiger partial charge in [0.25, 0.3) is 5.91 Å². The molecule has 0 bridgehead atoms. The molecule has 0 fully saturated rings. The number of carbonyl (C=O) groups excluding carboxylic acids is 1. The zero-order valence-electron chi connectivity index (χ0n) is 9.93. The van der Waals surface area contributed by atoms with Crippen molar-refractivity contribution in [1.82, 2.24) is 15.3 Å². The van der Waals surface area contributed by atoms with Crippen molar-refractivity contribution in [2.24, 2.45) is 0 Å². The lowest BCUT2D eigenvalue weighted by Crippen LogP contribution is -2.34. The van der Waals surface area contributed by atoms with Gasteiger partial charge in [-0.2, -0.15) is 0 Å². The van der Waals surface area contributed by atoms with Crippen LogP contribution in [-0.4, -0.2) is 29.7 Å². The fraction of sp³-hybridized carbons (Fsp3) is 0.167. The van der Waals surface area contributed by atoms with E-state index in [1.165, 1.54) is 0 Å². The number of aromatic amines is 1. The van der Waals surface area contributed by atoms with Crippen molar-refractivity contribution in [1.29, 1.82) is 0 Å². The van der Waals surface area contributed by atoms with E-state index in [0.29, 0.717) is 18.1 Å². The molecule has 2 aromatic rings. The molecule has 1 aliphatic rings. The molecule has 0 aliphatic carbocycles. The summed E-state index contributed by atoms with van der Waals surface area (Å²) in [4.78, 5) is 17.8. The Balaban J connectivity index is 0.000000138. The minimum absolute atomic E-state index is 0.0185. The Hall–Kier alpha value is -2.50. The molecule has 0 atom stereocenters. The van der Waals surface area contributed by atoms with E-state index in [9.17, 15) is 4.79 Å². The number of fused-ring (bicyclic) bond motifs is 1. The number of methoxy groups -OCH3 is 1. The second-order valence-electron chi connectivity index (χ2n) is 3.50. The van der Waals surface area contributed by atoms with Gasteiger partial charge in [0.05, 0.1) is 19.3 Å². The summed E-state index contributed by atoms with van der Waals surface area (Å²) in [5, 5.41) is 5.64. The number of rotatable bonds is 1. The number of aromatic nitrogens is 2. The number of H-pyrrole nitrogens is 1. The minimum atomic E-state index is -0.0185. The predicted molar refractivity (Wildman–Crippen MR) is 67.5 cm³/mol. The van der Waals surface area contributed by atoms with Crippen LogP contribution in [-0.2, 0) is 0 Å². The first-order valence-electron chi connectivity index (χ1n) is 5.45. The molecular weight excluding hydrogens is 232 g/mol. The summed E-state index contributed by atoms with van der Waals surface area (Å²) < 4.78 is 4.80. The molecule has 94 valence electrons. The third-order valence-corrected chi connectivity index (χ3v) is 2.35. The molecule has 0 saturated heterocycles. The first-order valence-corrected chi connectivity index (χ1v) is 5.45. The van der Waals surface area contributed by atoms with E-state index < -0.39 is 0 Å². The molecule has 6 heteroatoms. The fourth-order valence-corrected chi connectivity index (χ4v) is 1.48. The van der Waals surface area contributed by atoms with Crippen LogP contribution in [0, 0.1) is 0 Å². The van der Waals surface area contributed by atoms with Crippen LogP contribution in [0.15, 0.2) is 36.7 Å². The Morgan fingerprint density at radius 1 is 1.28 bits per heavy atom.